The van der Waals surface area contributed by atoms with E-state index in [9.17, 15) is 0 Å². The van der Waals surface area contributed by atoms with Crippen LogP contribution in [0, 0.1) is 0 Å². The molecule has 0 heterocycles. The second kappa shape index (κ2) is 6.57. The molecule has 0 radical (unpaired) electrons. The summed E-state index contributed by atoms with van der Waals surface area (Å²) >= 11 is 0. The molecule has 1 atom stereocenters. The maximum absolute atomic E-state index is 5.57. The van der Waals surface area contributed by atoms with E-state index in [1.54, 1.807) is 0 Å². The molecule has 0 saturated carbocycles. The molecular weight excluding hydrogens is 178 g/mol. The summed E-state index contributed by atoms with van der Waals surface area (Å²) in [5.41, 5.74) is 0.738. The molecule has 80 valence electrons. The Morgan fingerprint density at radius 2 is 1.92 bits per heavy atom. The predicted molar refractivity (Wildman–Crippen MR) is 61.7 cm³/mol. The molecule has 0 aliphatic rings. The van der Waals surface area contributed by atoms with Gasteiger partial charge in [-0.15, -0.1) is 0 Å². The maximum atomic E-state index is 5.57. The quantitative estimate of drug-likeness (QED) is 0.507. The lowest BCUT2D eigenvalue weighted by Crippen LogP contribution is -2.35. The fraction of sp³-hybridized carbons (Fsp3) is 1.00. The van der Waals surface area contributed by atoms with Crippen molar-refractivity contribution in [2.45, 2.75) is 45.3 Å². The molecule has 2 nitrogen and oxygen atoms in total. The van der Waals surface area contributed by atoms with E-state index in [-0.39, 0.29) is 0 Å². The molecule has 0 aliphatic heterocycles. The van der Waals surface area contributed by atoms with Gasteiger partial charge in [0.15, 0.2) is 8.32 Å². The molecule has 0 rings (SSSR count). The van der Waals surface area contributed by atoms with Gasteiger partial charge >= 0.3 is 0 Å². The van der Waals surface area contributed by atoms with Crippen LogP contribution < -0.4 is 5.32 Å². The summed E-state index contributed by atoms with van der Waals surface area (Å²) in [4.78, 5) is 0. The van der Waals surface area contributed by atoms with Crippen LogP contribution in [0.4, 0.5) is 0 Å². The Morgan fingerprint density at radius 1 is 1.31 bits per heavy atom. The van der Waals surface area contributed by atoms with Crippen molar-refractivity contribution in [2.75, 3.05) is 20.2 Å². The van der Waals surface area contributed by atoms with Gasteiger partial charge in [0.25, 0.3) is 0 Å². The second-order valence-corrected chi connectivity index (χ2v) is 8.85. The smallest absolute Gasteiger partial charge is 0.189 e. The third kappa shape index (κ3) is 5.44. The van der Waals surface area contributed by atoms with Gasteiger partial charge in [-0.1, -0.05) is 13.8 Å². The Kier molecular flexibility index (Phi) is 6.64. The van der Waals surface area contributed by atoms with Crippen LogP contribution in [0.5, 0.6) is 0 Å². The van der Waals surface area contributed by atoms with Crippen LogP contribution in [-0.4, -0.2) is 28.5 Å². The van der Waals surface area contributed by atoms with Gasteiger partial charge in [0, 0.05) is 7.11 Å². The third-order valence-corrected chi connectivity index (χ3v) is 6.61. The highest BCUT2D eigenvalue weighted by Crippen LogP contribution is 2.24. The Labute approximate surface area is 84.2 Å². The molecule has 0 saturated heterocycles. The van der Waals surface area contributed by atoms with E-state index >= 15 is 0 Å². The van der Waals surface area contributed by atoms with E-state index in [4.69, 9.17) is 4.43 Å². The van der Waals surface area contributed by atoms with Crippen molar-refractivity contribution in [3.05, 3.63) is 0 Å². The van der Waals surface area contributed by atoms with Crippen molar-refractivity contribution in [1.29, 1.82) is 0 Å². The molecule has 3 heteroatoms. The molecule has 0 aromatic carbocycles. The van der Waals surface area contributed by atoms with Gasteiger partial charge in [0.2, 0.25) is 0 Å². The first-order chi connectivity index (χ1) is 6.04. The molecule has 0 aromatic heterocycles. The van der Waals surface area contributed by atoms with Crippen LogP contribution in [0.2, 0.25) is 18.6 Å². The number of nitrogens with one attached hydrogen (secondary N) is 1. The molecule has 13 heavy (non-hydrogen) atoms. The lowest BCUT2D eigenvalue weighted by atomic mass is 10.3. The average molecular weight is 203 g/mol. The van der Waals surface area contributed by atoms with E-state index in [1.165, 1.54) is 12.8 Å². The Hall–Kier alpha value is 0.137. The summed E-state index contributed by atoms with van der Waals surface area (Å²) < 4.78 is 5.57. The van der Waals surface area contributed by atoms with Crippen LogP contribution in [0.3, 0.4) is 0 Å². The zero-order chi connectivity index (χ0) is 10.3. The highest BCUT2D eigenvalue weighted by molar-refractivity contribution is 6.72. The van der Waals surface area contributed by atoms with Crippen molar-refractivity contribution >= 4 is 8.32 Å². The summed E-state index contributed by atoms with van der Waals surface area (Å²) in [7, 11) is 0.469. The molecule has 0 amide bonds. The van der Waals surface area contributed by atoms with Crippen LogP contribution >= 0.6 is 0 Å². The second-order valence-electron chi connectivity index (χ2n) is 4.25. The van der Waals surface area contributed by atoms with Crippen molar-refractivity contribution in [1.82, 2.24) is 5.32 Å². The minimum atomic E-state index is -1.38. The summed E-state index contributed by atoms with van der Waals surface area (Å²) in [5.74, 6) is 0. The minimum Gasteiger partial charge on any atom is -0.420 e. The highest BCUT2D eigenvalue weighted by Gasteiger charge is 2.28. The van der Waals surface area contributed by atoms with Gasteiger partial charge in [0.1, 0.15) is 0 Å². The highest BCUT2D eigenvalue weighted by atomic mass is 28.4. The molecule has 1 unspecified atom stereocenters. The average Bonchev–Trinajstić information content (AvgIpc) is 2.12. The summed E-state index contributed by atoms with van der Waals surface area (Å²) in [6.07, 6.45) is 2.46. The first kappa shape index (κ1) is 13.1. The zero-order valence-electron chi connectivity index (χ0n) is 9.81. The van der Waals surface area contributed by atoms with Crippen LogP contribution in [0.1, 0.15) is 26.7 Å². The van der Waals surface area contributed by atoms with Crippen LogP contribution in [-0.2, 0) is 4.43 Å². The zero-order valence-corrected chi connectivity index (χ0v) is 10.8. The number of hydrogen-bond donors (Lipinski definition) is 1. The van der Waals surface area contributed by atoms with E-state index in [2.05, 4.69) is 32.3 Å². The fourth-order valence-electron chi connectivity index (χ4n) is 1.17. The van der Waals surface area contributed by atoms with E-state index in [0.717, 1.165) is 18.6 Å². The number of rotatable bonds is 7. The summed E-state index contributed by atoms with van der Waals surface area (Å²) in [6, 6.07) is 0. The molecule has 0 bridgehead atoms. The summed E-state index contributed by atoms with van der Waals surface area (Å²) in [6.45, 7) is 11.4. The first-order valence-corrected chi connectivity index (χ1v) is 8.29. The maximum Gasteiger partial charge on any atom is 0.189 e. The first-order valence-electron chi connectivity index (χ1n) is 5.30. The third-order valence-electron chi connectivity index (χ3n) is 2.89. The lowest BCUT2D eigenvalue weighted by molar-refractivity contribution is 0.388. The van der Waals surface area contributed by atoms with Crippen LogP contribution in [0.25, 0.3) is 0 Å². The minimum absolute atomic E-state index is 0.738. The van der Waals surface area contributed by atoms with Crippen molar-refractivity contribution in [3.63, 3.8) is 0 Å². The van der Waals surface area contributed by atoms with Crippen LogP contribution in [0.15, 0.2) is 0 Å². The summed E-state index contributed by atoms with van der Waals surface area (Å²) in [5, 5.41) is 3.43. The molecule has 0 aliphatic carbocycles. The van der Waals surface area contributed by atoms with Gasteiger partial charge < -0.3 is 9.74 Å². The Morgan fingerprint density at radius 3 is 2.38 bits per heavy atom. The lowest BCUT2D eigenvalue weighted by Gasteiger charge is -2.27. The van der Waals surface area contributed by atoms with Crippen molar-refractivity contribution < 1.29 is 4.43 Å². The normalized spacial score (nSPS) is 14.5. The van der Waals surface area contributed by atoms with Gasteiger partial charge in [-0.25, -0.2) is 0 Å². The van der Waals surface area contributed by atoms with E-state index in [0.29, 0.717) is 0 Å². The molecule has 0 spiro atoms. The topological polar surface area (TPSA) is 21.3 Å². The van der Waals surface area contributed by atoms with Gasteiger partial charge in [-0.05, 0) is 44.6 Å². The molecule has 0 aromatic rings. The molecule has 1 N–H and O–H groups in total. The Bertz CT molecular complexity index is 128. The molecular formula is C10H25NOSi. The number of hydrogen-bond acceptors (Lipinski definition) is 2. The standard InChI is InChI=1S/C10H25NOSi/c1-6-8-11-9-7-10(2)13(4,5)12-3/h10-11H,6-9H2,1-5H3. The van der Waals surface area contributed by atoms with Gasteiger partial charge in [-0.3, -0.25) is 0 Å². The van der Waals surface area contributed by atoms with E-state index in [1.807, 2.05) is 7.11 Å². The fourth-order valence-corrected chi connectivity index (χ4v) is 2.41. The van der Waals surface area contributed by atoms with Gasteiger partial charge in [0.05, 0.1) is 0 Å². The SMILES string of the molecule is CCCNCCC(C)[Si](C)(C)OC. The predicted octanol–water partition coefficient (Wildman–Crippen LogP) is 2.62. The Balaban J connectivity index is 3.55. The van der Waals surface area contributed by atoms with E-state index < -0.39 is 8.32 Å². The van der Waals surface area contributed by atoms with Gasteiger partial charge in [-0.2, -0.15) is 0 Å². The van der Waals surface area contributed by atoms with Crippen molar-refractivity contribution in [2.24, 2.45) is 0 Å². The molecule has 0 fully saturated rings. The van der Waals surface area contributed by atoms with Crippen molar-refractivity contribution in [3.8, 4) is 0 Å². The largest absolute Gasteiger partial charge is 0.420 e. The monoisotopic (exact) mass is 203 g/mol.